The Labute approximate surface area is 237 Å². The highest BCUT2D eigenvalue weighted by molar-refractivity contribution is 8.03. The molecule has 224 valence electrons. The van der Waals surface area contributed by atoms with Crippen LogP contribution >= 0.6 is 11.8 Å². The van der Waals surface area contributed by atoms with Gasteiger partial charge in [-0.1, -0.05) is 80.1 Å². The number of hydrogen-bond donors (Lipinski definition) is 0. The van der Waals surface area contributed by atoms with E-state index in [9.17, 15) is 0 Å². The highest BCUT2D eigenvalue weighted by Gasteiger charge is 2.54. The molecular weight excluding hydrogens is 521 g/mol. The van der Waals surface area contributed by atoms with Crippen LogP contribution in [0.1, 0.15) is 132 Å². The smallest absolute Gasteiger partial charge is 0.373 e. The zero-order valence-corrected chi connectivity index (χ0v) is 28.6. The van der Waals surface area contributed by atoms with Crippen molar-refractivity contribution in [1.29, 1.82) is 0 Å². The minimum Gasteiger partial charge on any atom is -0.373 e. The van der Waals surface area contributed by atoms with Crippen LogP contribution in [0, 0.1) is 0 Å². The summed E-state index contributed by atoms with van der Waals surface area (Å²) in [6, 6.07) is 0. The Bertz CT molecular complexity index is 408. The first kappa shape index (κ1) is 37.5. The summed E-state index contributed by atoms with van der Waals surface area (Å²) in [5.41, 5.74) is 0. The molecule has 2 unspecified atom stereocenters. The van der Waals surface area contributed by atoms with E-state index < -0.39 is 17.6 Å². The molecule has 0 heterocycles. The average molecular weight is 583 g/mol. The summed E-state index contributed by atoms with van der Waals surface area (Å²) >= 11 is 1.84. The van der Waals surface area contributed by atoms with Crippen molar-refractivity contribution < 1.29 is 26.6 Å². The quantitative estimate of drug-likeness (QED) is 0.0678. The Kier molecular flexibility index (Phi) is 24.7. The van der Waals surface area contributed by atoms with Crippen molar-refractivity contribution in [3.05, 3.63) is 0 Å². The van der Waals surface area contributed by atoms with Crippen LogP contribution < -0.4 is 0 Å². The number of hydrogen-bond acceptors (Lipinski definition) is 7. The normalized spacial score (nSPS) is 14.3. The Balaban J connectivity index is 5.97. The molecule has 0 amide bonds. The van der Waals surface area contributed by atoms with Crippen LogP contribution in [0.3, 0.4) is 0 Å². The molecule has 0 saturated carbocycles. The molecule has 0 aliphatic rings. The average Bonchev–Trinajstić information content (AvgIpc) is 2.88. The number of unbranched alkanes of at least 4 members (excludes halogenated alkanes) is 6. The van der Waals surface area contributed by atoms with E-state index in [0.29, 0.717) is 39.6 Å². The second-order valence-corrected chi connectivity index (χ2v) is 18.2. The maximum Gasteiger partial charge on any atom is 0.514 e. The van der Waals surface area contributed by atoms with E-state index in [2.05, 4.69) is 55.4 Å². The third-order valence-electron chi connectivity index (χ3n) is 6.21. The lowest BCUT2D eigenvalue weighted by molar-refractivity contribution is 0.0541. The van der Waals surface area contributed by atoms with Gasteiger partial charge in [-0.05, 0) is 52.4 Å². The molecule has 6 nitrogen and oxygen atoms in total. The number of thioether (sulfide) groups is 1. The zero-order chi connectivity index (χ0) is 27.8. The highest BCUT2D eigenvalue weighted by atomic mass is 32.2. The molecule has 0 bridgehead atoms. The van der Waals surface area contributed by atoms with Gasteiger partial charge in [0.1, 0.15) is 0 Å². The van der Waals surface area contributed by atoms with Crippen molar-refractivity contribution in [3.8, 4) is 0 Å². The van der Waals surface area contributed by atoms with Gasteiger partial charge in [0.15, 0.2) is 0 Å². The fourth-order valence-corrected chi connectivity index (χ4v) is 12.9. The van der Waals surface area contributed by atoms with Gasteiger partial charge in [-0.2, -0.15) is 0 Å². The molecule has 0 radical (unpaired) electrons. The summed E-state index contributed by atoms with van der Waals surface area (Å²) in [5.74, 6) is 0. The lowest BCUT2D eigenvalue weighted by Crippen LogP contribution is -2.59. The van der Waals surface area contributed by atoms with Gasteiger partial charge in [-0.25, -0.2) is 0 Å². The predicted octanol–water partition coefficient (Wildman–Crippen LogP) is 8.35. The van der Waals surface area contributed by atoms with Gasteiger partial charge < -0.3 is 26.6 Å². The molecule has 0 aliphatic carbocycles. The standard InChI is InChI=1S/C28H62O6SSi2/c1-9-15-21-29-36(30-22-16-10-2,31-23-17-11-3)27(7)35-28(8)37(32-24-18-12-4,33-25-19-13-5)34-26-20-14-6/h27-28H,9-26H2,1-8H3. The summed E-state index contributed by atoms with van der Waals surface area (Å²) in [7, 11) is -5.90. The van der Waals surface area contributed by atoms with Crippen molar-refractivity contribution in [2.24, 2.45) is 0 Å². The van der Waals surface area contributed by atoms with E-state index in [1.807, 2.05) is 11.8 Å². The van der Waals surface area contributed by atoms with Crippen molar-refractivity contribution in [2.45, 2.75) is 142 Å². The SMILES string of the molecule is CCCCO[Si](OCCCC)(OCCCC)C(C)SC(C)[Si](OCCCC)(OCCCC)OCCCC. The monoisotopic (exact) mass is 582 g/mol. The van der Waals surface area contributed by atoms with Gasteiger partial charge in [0.2, 0.25) is 0 Å². The molecule has 37 heavy (non-hydrogen) atoms. The predicted molar refractivity (Wildman–Crippen MR) is 163 cm³/mol. The summed E-state index contributed by atoms with van der Waals surface area (Å²) in [5, 5.41) is 0. The van der Waals surface area contributed by atoms with Crippen molar-refractivity contribution in [1.82, 2.24) is 0 Å². The van der Waals surface area contributed by atoms with Crippen LogP contribution in [0.25, 0.3) is 0 Å². The van der Waals surface area contributed by atoms with Crippen LogP contribution in [0.5, 0.6) is 0 Å². The molecule has 0 aromatic rings. The highest BCUT2D eigenvalue weighted by Crippen LogP contribution is 2.35. The lowest BCUT2D eigenvalue weighted by Gasteiger charge is -2.39. The van der Waals surface area contributed by atoms with Crippen molar-refractivity contribution in [3.63, 3.8) is 0 Å². The molecule has 9 heteroatoms. The first-order valence-electron chi connectivity index (χ1n) is 15.4. The summed E-state index contributed by atoms with van der Waals surface area (Å²) in [6.07, 6.45) is 12.6. The minimum absolute atomic E-state index is 0.0549. The van der Waals surface area contributed by atoms with Gasteiger partial charge in [-0.15, -0.1) is 11.8 Å². The maximum absolute atomic E-state index is 6.60. The molecular formula is C28H62O6SSi2. The van der Waals surface area contributed by atoms with E-state index in [1.165, 1.54) is 0 Å². The van der Waals surface area contributed by atoms with Crippen LogP contribution in [0.2, 0.25) is 0 Å². The number of rotatable bonds is 28. The van der Waals surface area contributed by atoms with Crippen molar-refractivity contribution >= 4 is 29.4 Å². The summed E-state index contributed by atoms with van der Waals surface area (Å²) < 4.78 is 39.6. The van der Waals surface area contributed by atoms with Gasteiger partial charge in [0.25, 0.3) is 0 Å². The largest absolute Gasteiger partial charge is 0.514 e. The van der Waals surface area contributed by atoms with E-state index in [-0.39, 0.29) is 9.75 Å². The Morgan fingerprint density at radius 3 is 0.757 bits per heavy atom. The molecule has 2 atom stereocenters. The molecule has 0 N–H and O–H groups in total. The molecule has 0 fully saturated rings. The second-order valence-electron chi connectivity index (χ2n) is 9.84. The minimum atomic E-state index is -2.95. The van der Waals surface area contributed by atoms with Gasteiger partial charge >= 0.3 is 17.6 Å². The van der Waals surface area contributed by atoms with Gasteiger partial charge in [0.05, 0.1) is 9.75 Å². The first-order chi connectivity index (χ1) is 17.9. The fraction of sp³-hybridized carbons (Fsp3) is 1.00. The molecule has 0 spiro atoms. The van der Waals surface area contributed by atoms with Crippen LogP contribution in [0.15, 0.2) is 0 Å². The fourth-order valence-electron chi connectivity index (χ4n) is 3.58. The van der Waals surface area contributed by atoms with Gasteiger partial charge in [-0.3, -0.25) is 0 Å². The van der Waals surface area contributed by atoms with Crippen molar-refractivity contribution in [2.75, 3.05) is 39.6 Å². The first-order valence-corrected chi connectivity index (χ1v) is 19.9. The van der Waals surface area contributed by atoms with Crippen LogP contribution in [-0.4, -0.2) is 67.0 Å². The topological polar surface area (TPSA) is 55.4 Å². The Morgan fingerprint density at radius 2 is 0.595 bits per heavy atom. The van der Waals surface area contributed by atoms with E-state index in [4.69, 9.17) is 26.6 Å². The van der Waals surface area contributed by atoms with Crippen LogP contribution in [-0.2, 0) is 26.6 Å². The molecule has 0 saturated heterocycles. The molecule has 0 aliphatic heterocycles. The zero-order valence-electron chi connectivity index (χ0n) is 25.7. The third-order valence-corrected chi connectivity index (χ3v) is 15.2. The summed E-state index contributed by atoms with van der Waals surface area (Å²) in [6.45, 7) is 21.7. The molecule has 0 aromatic carbocycles. The maximum atomic E-state index is 6.60. The Hall–Kier alpha value is 0.544. The van der Waals surface area contributed by atoms with E-state index >= 15 is 0 Å². The van der Waals surface area contributed by atoms with Crippen LogP contribution in [0.4, 0.5) is 0 Å². The van der Waals surface area contributed by atoms with E-state index in [1.54, 1.807) is 0 Å². The van der Waals surface area contributed by atoms with E-state index in [0.717, 1.165) is 77.0 Å². The van der Waals surface area contributed by atoms with Gasteiger partial charge in [0, 0.05) is 39.6 Å². The summed E-state index contributed by atoms with van der Waals surface area (Å²) in [4.78, 5) is 0.110. The lowest BCUT2D eigenvalue weighted by atomic mass is 10.4. The molecule has 0 aromatic heterocycles. The third kappa shape index (κ3) is 15.8. The Morgan fingerprint density at radius 1 is 0.405 bits per heavy atom. The second kappa shape index (κ2) is 24.3. The molecule has 0 rings (SSSR count).